The van der Waals surface area contributed by atoms with E-state index in [1.54, 1.807) is 12.1 Å². The van der Waals surface area contributed by atoms with Crippen LogP contribution in [0.4, 0.5) is 5.69 Å². The van der Waals surface area contributed by atoms with Crippen LogP contribution in [0.3, 0.4) is 0 Å². The second kappa shape index (κ2) is 8.84. The SMILES string of the molecule is COc1ccc(C)cc1NC(=O)C(=O)N(CCO)Cc1ccccc1. The van der Waals surface area contributed by atoms with Crippen LogP contribution in [-0.4, -0.2) is 42.1 Å². The third-order valence-corrected chi connectivity index (χ3v) is 3.67. The molecule has 0 fully saturated rings. The predicted molar refractivity (Wildman–Crippen MR) is 95.3 cm³/mol. The highest BCUT2D eigenvalue weighted by Gasteiger charge is 2.22. The number of ether oxygens (including phenoxy) is 1. The van der Waals surface area contributed by atoms with Crippen molar-refractivity contribution in [3.8, 4) is 5.75 Å². The molecule has 0 radical (unpaired) electrons. The second-order valence-electron chi connectivity index (χ2n) is 5.59. The summed E-state index contributed by atoms with van der Waals surface area (Å²) in [5.41, 5.74) is 2.25. The third-order valence-electron chi connectivity index (χ3n) is 3.67. The first kappa shape index (κ1) is 18.5. The molecule has 0 unspecified atom stereocenters. The van der Waals surface area contributed by atoms with E-state index in [2.05, 4.69) is 5.32 Å². The highest BCUT2D eigenvalue weighted by Crippen LogP contribution is 2.25. The molecule has 0 spiro atoms. The molecule has 2 N–H and O–H groups in total. The Balaban J connectivity index is 2.13. The molecule has 0 aromatic heterocycles. The minimum Gasteiger partial charge on any atom is -0.495 e. The quantitative estimate of drug-likeness (QED) is 0.787. The average Bonchev–Trinajstić information content (AvgIpc) is 2.62. The van der Waals surface area contributed by atoms with Gasteiger partial charge >= 0.3 is 11.8 Å². The number of nitrogens with zero attached hydrogens (tertiary/aromatic N) is 1. The van der Waals surface area contributed by atoms with Crippen LogP contribution in [0.15, 0.2) is 48.5 Å². The van der Waals surface area contributed by atoms with Crippen LogP contribution in [0.2, 0.25) is 0 Å². The monoisotopic (exact) mass is 342 g/mol. The van der Waals surface area contributed by atoms with Crippen molar-refractivity contribution in [1.29, 1.82) is 0 Å². The van der Waals surface area contributed by atoms with E-state index in [-0.39, 0.29) is 19.7 Å². The number of amides is 2. The molecular weight excluding hydrogens is 320 g/mol. The number of anilines is 1. The van der Waals surface area contributed by atoms with Crippen LogP contribution >= 0.6 is 0 Å². The van der Waals surface area contributed by atoms with Gasteiger partial charge in [-0.15, -0.1) is 0 Å². The van der Waals surface area contributed by atoms with Crippen molar-refractivity contribution in [3.05, 3.63) is 59.7 Å². The molecule has 6 nitrogen and oxygen atoms in total. The van der Waals surface area contributed by atoms with Crippen molar-refractivity contribution in [1.82, 2.24) is 4.90 Å². The van der Waals surface area contributed by atoms with Gasteiger partial charge in [0.1, 0.15) is 5.75 Å². The van der Waals surface area contributed by atoms with Gasteiger partial charge < -0.3 is 20.1 Å². The van der Waals surface area contributed by atoms with Gasteiger partial charge in [-0.2, -0.15) is 0 Å². The zero-order valence-electron chi connectivity index (χ0n) is 14.4. The maximum absolute atomic E-state index is 12.5. The fraction of sp³-hybridized carbons (Fsp3) is 0.263. The molecule has 0 aliphatic rings. The fourth-order valence-corrected chi connectivity index (χ4v) is 2.42. The number of aryl methyl sites for hydroxylation is 1. The molecule has 25 heavy (non-hydrogen) atoms. The molecule has 0 aliphatic heterocycles. The maximum Gasteiger partial charge on any atom is 0.314 e. The van der Waals surface area contributed by atoms with E-state index in [9.17, 15) is 14.7 Å². The highest BCUT2D eigenvalue weighted by atomic mass is 16.5. The highest BCUT2D eigenvalue weighted by molar-refractivity contribution is 6.39. The first-order valence-corrected chi connectivity index (χ1v) is 7.95. The van der Waals surface area contributed by atoms with Crippen molar-refractivity contribution in [2.24, 2.45) is 0 Å². The summed E-state index contributed by atoms with van der Waals surface area (Å²) in [4.78, 5) is 26.2. The molecule has 0 heterocycles. The van der Waals surface area contributed by atoms with Gasteiger partial charge in [0.15, 0.2) is 0 Å². The van der Waals surface area contributed by atoms with Crippen LogP contribution < -0.4 is 10.1 Å². The van der Waals surface area contributed by atoms with Crippen molar-refractivity contribution in [2.45, 2.75) is 13.5 Å². The van der Waals surface area contributed by atoms with E-state index < -0.39 is 11.8 Å². The van der Waals surface area contributed by atoms with Gasteiger partial charge in [0.25, 0.3) is 0 Å². The van der Waals surface area contributed by atoms with Gasteiger partial charge in [-0.3, -0.25) is 9.59 Å². The van der Waals surface area contributed by atoms with E-state index in [1.165, 1.54) is 12.0 Å². The first-order valence-electron chi connectivity index (χ1n) is 7.95. The molecule has 0 bridgehead atoms. The molecule has 0 aliphatic carbocycles. The van der Waals surface area contributed by atoms with Gasteiger partial charge in [0, 0.05) is 13.1 Å². The van der Waals surface area contributed by atoms with Crippen molar-refractivity contribution in [2.75, 3.05) is 25.6 Å². The Labute approximate surface area is 147 Å². The number of hydrogen-bond acceptors (Lipinski definition) is 4. The lowest BCUT2D eigenvalue weighted by molar-refractivity contribution is -0.143. The lowest BCUT2D eigenvalue weighted by Crippen LogP contribution is -2.40. The number of aliphatic hydroxyl groups is 1. The van der Waals surface area contributed by atoms with E-state index in [4.69, 9.17) is 4.74 Å². The number of benzene rings is 2. The third kappa shape index (κ3) is 5.06. The summed E-state index contributed by atoms with van der Waals surface area (Å²) < 4.78 is 5.20. The number of nitrogens with one attached hydrogen (secondary N) is 1. The summed E-state index contributed by atoms with van der Waals surface area (Å²) in [7, 11) is 1.50. The summed E-state index contributed by atoms with van der Waals surface area (Å²) in [5, 5.41) is 11.8. The Morgan fingerprint density at radius 2 is 1.88 bits per heavy atom. The van der Waals surface area contributed by atoms with Crippen LogP contribution in [0, 0.1) is 6.92 Å². The number of hydrogen-bond donors (Lipinski definition) is 2. The minimum atomic E-state index is -0.770. The van der Waals surface area contributed by atoms with Gasteiger partial charge in [0.2, 0.25) is 0 Å². The van der Waals surface area contributed by atoms with E-state index in [0.29, 0.717) is 11.4 Å². The summed E-state index contributed by atoms with van der Waals surface area (Å²) in [6.07, 6.45) is 0. The van der Waals surface area contributed by atoms with E-state index in [1.807, 2.05) is 43.3 Å². The Bertz CT molecular complexity index is 731. The number of aliphatic hydroxyl groups excluding tert-OH is 1. The molecule has 2 aromatic carbocycles. The Morgan fingerprint density at radius 3 is 2.52 bits per heavy atom. The lowest BCUT2D eigenvalue weighted by Gasteiger charge is -2.21. The molecule has 0 saturated carbocycles. The van der Waals surface area contributed by atoms with Crippen LogP contribution in [0.5, 0.6) is 5.75 Å². The molecule has 0 saturated heterocycles. The Kier molecular flexibility index (Phi) is 6.54. The molecule has 0 atom stereocenters. The van der Waals surface area contributed by atoms with Gasteiger partial charge in [0.05, 0.1) is 19.4 Å². The average molecular weight is 342 g/mol. The van der Waals surface area contributed by atoms with Crippen LogP contribution in [-0.2, 0) is 16.1 Å². The minimum absolute atomic E-state index is 0.0755. The summed E-state index contributed by atoms with van der Waals surface area (Å²) in [6.45, 7) is 1.98. The van der Waals surface area contributed by atoms with E-state index >= 15 is 0 Å². The standard InChI is InChI=1S/C19H22N2O4/c1-14-8-9-17(25-2)16(12-14)20-18(23)19(24)21(10-11-22)13-15-6-4-3-5-7-15/h3-9,12,22H,10-11,13H2,1-2H3,(H,20,23). The first-order chi connectivity index (χ1) is 12.0. The summed E-state index contributed by atoms with van der Waals surface area (Å²) in [5.74, 6) is -1.00. The van der Waals surface area contributed by atoms with Gasteiger partial charge in [-0.1, -0.05) is 36.4 Å². The fourth-order valence-electron chi connectivity index (χ4n) is 2.42. The second-order valence-corrected chi connectivity index (χ2v) is 5.59. The zero-order chi connectivity index (χ0) is 18.2. The van der Waals surface area contributed by atoms with Gasteiger partial charge in [-0.25, -0.2) is 0 Å². The number of carbonyl (C=O) groups excluding carboxylic acids is 2. The van der Waals surface area contributed by atoms with Crippen molar-refractivity contribution < 1.29 is 19.4 Å². The zero-order valence-corrected chi connectivity index (χ0v) is 14.4. The molecule has 2 rings (SSSR count). The topological polar surface area (TPSA) is 78.9 Å². The Hall–Kier alpha value is -2.86. The molecule has 6 heteroatoms. The number of rotatable bonds is 6. The summed E-state index contributed by atoms with van der Waals surface area (Å²) in [6, 6.07) is 14.6. The largest absolute Gasteiger partial charge is 0.495 e. The van der Waals surface area contributed by atoms with Crippen LogP contribution in [0.25, 0.3) is 0 Å². The molecular formula is C19H22N2O4. The molecule has 132 valence electrons. The lowest BCUT2D eigenvalue weighted by atomic mass is 10.2. The van der Waals surface area contributed by atoms with Crippen molar-refractivity contribution in [3.63, 3.8) is 0 Å². The smallest absolute Gasteiger partial charge is 0.314 e. The molecule has 2 aromatic rings. The molecule has 2 amide bonds. The predicted octanol–water partition coefficient (Wildman–Crippen LogP) is 1.96. The number of carbonyl (C=O) groups is 2. The number of methoxy groups -OCH3 is 1. The summed E-state index contributed by atoms with van der Waals surface area (Å²) >= 11 is 0. The normalized spacial score (nSPS) is 10.2. The van der Waals surface area contributed by atoms with Crippen molar-refractivity contribution >= 4 is 17.5 Å². The Morgan fingerprint density at radius 1 is 1.16 bits per heavy atom. The maximum atomic E-state index is 12.5. The van der Waals surface area contributed by atoms with E-state index in [0.717, 1.165) is 11.1 Å². The van der Waals surface area contributed by atoms with Crippen LogP contribution in [0.1, 0.15) is 11.1 Å². The van der Waals surface area contributed by atoms with Gasteiger partial charge in [-0.05, 0) is 30.2 Å².